The van der Waals surface area contributed by atoms with Crippen LogP contribution >= 0.6 is 12.4 Å². The summed E-state index contributed by atoms with van der Waals surface area (Å²) in [5.41, 5.74) is 0.337. The smallest absolute Gasteiger partial charge is 0.273 e. The predicted molar refractivity (Wildman–Crippen MR) is 90.8 cm³/mol. The summed E-state index contributed by atoms with van der Waals surface area (Å²) in [6.07, 6.45) is 3.77. The van der Waals surface area contributed by atoms with Crippen LogP contribution in [0.1, 0.15) is 56.6 Å². The van der Waals surface area contributed by atoms with E-state index < -0.39 is 6.10 Å². The van der Waals surface area contributed by atoms with Crippen molar-refractivity contribution < 1.29 is 9.90 Å². The van der Waals surface area contributed by atoms with Crippen LogP contribution in [0.3, 0.4) is 0 Å². The van der Waals surface area contributed by atoms with Gasteiger partial charge in [0.1, 0.15) is 0 Å². The van der Waals surface area contributed by atoms with E-state index in [-0.39, 0.29) is 30.3 Å². The van der Waals surface area contributed by atoms with E-state index >= 15 is 0 Å². The molecule has 1 aromatic heterocycles. The van der Waals surface area contributed by atoms with Crippen molar-refractivity contribution in [1.82, 2.24) is 25.6 Å². The largest absolute Gasteiger partial charge is 0.391 e. The molecule has 1 unspecified atom stereocenters. The standard InChI is InChI=1S/C15H27N5O2.ClH/c1-15(2,3)8-12(21)9-17-14(22)13-10-20(19-18-13)11-4-6-16-7-5-11;/h10-12,16,21H,4-9H2,1-3H3,(H,17,22);1H. The number of aliphatic hydroxyl groups excluding tert-OH is 1. The van der Waals surface area contributed by atoms with Gasteiger partial charge < -0.3 is 15.7 Å². The van der Waals surface area contributed by atoms with E-state index in [0.717, 1.165) is 25.9 Å². The highest BCUT2D eigenvalue weighted by molar-refractivity contribution is 5.91. The molecule has 0 spiro atoms. The first kappa shape index (κ1) is 19.9. The molecule has 2 rings (SSSR count). The quantitative estimate of drug-likeness (QED) is 0.744. The van der Waals surface area contributed by atoms with Crippen molar-refractivity contribution >= 4 is 18.3 Å². The molecule has 0 radical (unpaired) electrons. The third kappa shape index (κ3) is 6.45. The molecule has 1 saturated heterocycles. The monoisotopic (exact) mass is 345 g/mol. The first-order chi connectivity index (χ1) is 10.3. The van der Waals surface area contributed by atoms with Crippen molar-refractivity contribution in [3.05, 3.63) is 11.9 Å². The van der Waals surface area contributed by atoms with Gasteiger partial charge in [0.15, 0.2) is 5.69 Å². The van der Waals surface area contributed by atoms with Gasteiger partial charge in [0.2, 0.25) is 0 Å². The van der Waals surface area contributed by atoms with Crippen molar-refractivity contribution in [1.29, 1.82) is 0 Å². The number of amides is 1. The lowest BCUT2D eigenvalue weighted by Gasteiger charge is -2.22. The molecule has 1 aliphatic rings. The van der Waals surface area contributed by atoms with Crippen LogP contribution in [0.15, 0.2) is 6.20 Å². The molecule has 132 valence electrons. The zero-order valence-corrected chi connectivity index (χ0v) is 14.9. The number of aromatic nitrogens is 3. The Balaban J connectivity index is 0.00000264. The summed E-state index contributed by atoms with van der Waals surface area (Å²) in [5, 5.41) is 23.9. The summed E-state index contributed by atoms with van der Waals surface area (Å²) in [4.78, 5) is 12.1. The van der Waals surface area contributed by atoms with Crippen LogP contribution in [0.25, 0.3) is 0 Å². The van der Waals surface area contributed by atoms with Gasteiger partial charge in [-0.25, -0.2) is 4.68 Å². The van der Waals surface area contributed by atoms with Crippen molar-refractivity contribution in [2.45, 2.75) is 52.2 Å². The zero-order chi connectivity index (χ0) is 16.2. The minimum atomic E-state index is -0.552. The number of nitrogens with zero attached hydrogens (tertiary/aromatic N) is 3. The van der Waals surface area contributed by atoms with Crippen LogP contribution in [0.5, 0.6) is 0 Å². The number of piperidine rings is 1. The number of aliphatic hydroxyl groups is 1. The van der Waals surface area contributed by atoms with E-state index in [1.165, 1.54) is 0 Å². The lowest BCUT2D eigenvalue weighted by Crippen LogP contribution is -2.34. The van der Waals surface area contributed by atoms with E-state index in [9.17, 15) is 9.90 Å². The Morgan fingerprint density at radius 1 is 1.48 bits per heavy atom. The van der Waals surface area contributed by atoms with Gasteiger partial charge in [-0.3, -0.25) is 4.79 Å². The van der Waals surface area contributed by atoms with Gasteiger partial charge in [0.25, 0.3) is 5.91 Å². The predicted octanol–water partition coefficient (Wildman–Crippen LogP) is 1.15. The van der Waals surface area contributed by atoms with Gasteiger partial charge in [0, 0.05) is 6.54 Å². The van der Waals surface area contributed by atoms with Gasteiger partial charge in [-0.1, -0.05) is 26.0 Å². The van der Waals surface area contributed by atoms with Crippen molar-refractivity contribution in [2.75, 3.05) is 19.6 Å². The number of halogens is 1. The lowest BCUT2D eigenvalue weighted by molar-refractivity contribution is 0.0864. The molecule has 1 aliphatic heterocycles. The van der Waals surface area contributed by atoms with E-state index in [4.69, 9.17) is 0 Å². The van der Waals surface area contributed by atoms with Gasteiger partial charge in [-0.15, -0.1) is 17.5 Å². The highest BCUT2D eigenvalue weighted by Gasteiger charge is 2.20. The van der Waals surface area contributed by atoms with E-state index in [1.807, 2.05) is 0 Å². The number of carbonyl (C=O) groups is 1. The van der Waals surface area contributed by atoms with Crippen molar-refractivity contribution in [3.8, 4) is 0 Å². The van der Waals surface area contributed by atoms with Crippen LogP contribution in [0.4, 0.5) is 0 Å². The highest BCUT2D eigenvalue weighted by atomic mass is 35.5. The van der Waals surface area contributed by atoms with Crippen molar-refractivity contribution in [3.63, 3.8) is 0 Å². The fraction of sp³-hybridized carbons (Fsp3) is 0.800. The molecule has 0 bridgehead atoms. The maximum atomic E-state index is 12.1. The Kier molecular flexibility index (Phi) is 7.44. The molecule has 23 heavy (non-hydrogen) atoms. The van der Waals surface area contributed by atoms with Crippen LogP contribution in [0.2, 0.25) is 0 Å². The Morgan fingerprint density at radius 3 is 2.74 bits per heavy atom. The molecule has 1 fully saturated rings. The summed E-state index contributed by atoms with van der Waals surface area (Å²) in [5.74, 6) is -0.284. The average Bonchev–Trinajstić information content (AvgIpc) is 2.94. The minimum absolute atomic E-state index is 0. The molecule has 1 amide bonds. The first-order valence-corrected chi connectivity index (χ1v) is 7.94. The Labute approximate surface area is 143 Å². The topological polar surface area (TPSA) is 92.1 Å². The van der Waals surface area contributed by atoms with Crippen LogP contribution in [-0.4, -0.2) is 51.7 Å². The van der Waals surface area contributed by atoms with Gasteiger partial charge >= 0.3 is 0 Å². The average molecular weight is 346 g/mol. The summed E-state index contributed by atoms with van der Waals surface area (Å²) in [6, 6.07) is 0.307. The molecule has 1 aromatic rings. The highest BCUT2D eigenvalue weighted by Crippen LogP contribution is 2.20. The Hall–Kier alpha value is -1.18. The van der Waals surface area contributed by atoms with Crippen LogP contribution < -0.4 is 10.6 Å². The molecule has 2 heterocycles. The molecule has 3 N–H and O–H groups in total. The number of nitrogens with one attached hydrogen (secondary N) is 2. The van der Waals surface area contributed by atoms with Gasteiger partial charge in [0.05, 0.1) is 18.3 Å². The molecular weight excluding hydrogens is 318 g/mol. The molecule has 7 nitrogen and oxygen atoms in total. The summed E-state index contributed by atoms with van der Waals surface area (Å²) >= 11 is 0. The number of hydrogen-bond donors (Lipinski definition) is 3. The number of rotatable bonds is 5. The molecule has 0 aromatic carbocycles. The van der Waals surface area contributed by atoms with Crippen molar-refractivity contribution in [2.24, 2.45) is 5.41 Å². The number of hydrogen-bond acceptors (Lipinski definition) is 5. The second-order valence-electron chi connectivity index (χ2n) is 7.19. The molecule has 1 atom stereocenters. The fourth-order valence-electron chi connectivity index (χ4n) is 2.71. The normalized spacial score (nSPS) is 17.4. The second kappa shape index (κ2) is 8.61. The zero-order valence-electron chi connectivity index (χ0n) is 14.1. The molecule has 0 aliphatic carbocycles. The van der Waals surface area contributed by atoms with E-state index in [2.05, 4.69) is 41.7 Å². The molecular formula is C15H28ClN5O2. The Morgan fingerprint density at radius 2 is 2.13 bits per heavy atom. The van der Waals surface area contributed by atoms with Crippen LogP contribution in [0, 0.1) is 5.41 Å². The second-order valence-corrected chi connectivity index (χ2v) is 7.19. The molecule has 0 saturated carbocycles. The third-order valence-corrected chi connectivity index (χ3v) is 3.77. The minimum Gasteiger partial charge on any atom is -0.391 e. The van der Waals surface area contributed by atoms with Gasteiger partial charge in [-0.05, 0) is 37.8 Å². The summed E-state index contributed by atoms with van der Waals surface area (Å²) < 4.78 is 1.78. The van der Waals surface area contributed by atoms with Crippen LogP contribution in [-0.2, 0) is 0 Å². The number of carbonyl (C=O) groups excluding carboxylic acids is 1. The van der Waals surface area contributed by atoms with E-state index in [0.29, 0.717) is 18.2 Å². The lowest BCUT2D eigenvalue weighted by atomic mass is 9.89. The Bertz CT molecular complexity index is 494. The third-order valence-electron chi connectivity index (χ3n) is 3.77. The fourth-order valence-corrected chi connectivity index (χ4v) is 2.71. The maximum absolute atomic E-state index is 12.1. The SMILES string of the molecule is CC(C)(C)CC(O)CNC(=O)c1cn(C2CCNCC2)nn1.Cl. The van der Waals surface area contributed by atoms with E-state index in [1.54, 1.807) is 10.9 Å². The summed E-state index contributed by atoms with van der Waals surface area (Å²) in [7, 11) is 0. The molecule has 8 heteroatoms. The first-order valence-electron chi connectivity index (χ1n) is 7.94. The summed E-state index contributed by atoms with van der Waals surface area (Å²) in [6.45, 7) is 8.33. The maximum Gasteiger partial charge on any atom is 0.273 e. The van der Waals surface area contributed by atoms with Gasteiger partial charge in [-0.2, -0.15) is 0 Å².